The predicted octanol–water partition coefficient (Wildman–Crippen LogP) is 4.08. The van der Waals surface area contributed by atoms with Crippen LogP contribution in [0.15, 0.2) is 83.2 Å². The lowest BCUT2D eigenvalue weighted by molar-refractivity contribution is -0.140. The molecule has 4 N–H and O–H groups in total. The molecule has 2 aliphatic rings. The van der Waals surface area contributed by atoms with Crippen LogP contribution in [-0.4, -0.2) is 61.7 Å². The Morgan fingerprint density at radius 3 is 1.50 bits per heavy atom. The highest BCUT2D eigenvalue weighted by molar-refractivity contribution is 5.96. The molecular formula is C33H41N5O6. The van der Waals surface area contributed by atoms with Gasteiger partial charge in [-0.3, -0.25) is 4.90 Å². The maximum Gasteiger partial charge on any atom is 0.338 e. The maximum absolute atomic E-state index is 13.4. The minimum atomic E-state index is -0.721. The molecule has 0 aromatic heterocycles. The van der Waals surface area contributed by atoms with E-state index in [4.69, 9.17) is 9.47 Å². The van der Waals surface area contributed by atoms with Crippen molar-refractivity contribution in [3.8, 4) is 0 Å². The summed E-state index contributed by atoms with van der Waals surface area (Å²) < 4.78 is 10.9. The van der Waals surface area contributed by atoms with Gasteiger partial charge in [-0.1, -0.05) is 74.5 Å². The minimum Gasteiger partial charge on any atom is -0.463 e. The molecular weight excluding hydrogens is 562 g/mol. The van der Waals surface area contributed by atoms with Gasteiger partial charge in [0.1, 0.15) is 0 Å². The van der Waals surface area contributed by atoms with Crippen LogP contribution in [0.5, 0.6) is 0 Å². The van der Waals surface area contributed by atoms with Crippen molar-refractivity contribution in [3.05, 3.63) is 94.3 Å². The summed E-state index contributed by atoms with van der Waals surface area (Å²) in [5, 5.41) is 11.4. The van der Waals surface area contributed by atoms with E-state index >= 15 is 0 Å². The van der Waals surface area contributed by atoms with E-state index in [1.54, 1.807) is 13.8 Å². The Balaban J connectivity index is 1.79. The Hall–Kier alpha value is -4.64. The molecule has 2 heterocycles. The zero-order chi connectivity index (χ0) is 31.6. The fourth-order valence-electron chi connectivity index (χ4n) is 5.28. The SMILES string of the molecule is CCOC(=O)C1=C(CN(CCC(C)C)CC2=C(C(=O)OCC)C(c3ccccc3)NC(=O)N2)NC(=O)NC1c1ccccc1. The number of amides is 4. The van der Waals surface area contributed by atoms with E-state index in [1.165, 1.54) is 0 Å². The third-order valence-electron chi connectivity index (χ3n) is 7.35. The fraction of sp³-hybridized carbons (Fsp3) is 0.394. The molecule has 234 valence electrons. The molecule has 0 radical (unpaired) electrons. The first-order chi connectivity index (χ1) is 21.2. The molecule has 0 fully saturated rings. The molecule has 2 aromatic rings. The van der Waals surface area contributed by atoms with Crippen molar-refractivity contribution in [2.24, 2.45) is 5.92 Å². The van der Waals surface area contributed by atoms with E-state index < -0.39 is 36.1 Å². The topological polar surface area (TPSA) is 138 Å². The fourth-order valence-corrected chi connectivity index (χ4v) is 5.28. The van der Waals surface area contributed by atoms with Gasteiger partial charge in [-0.25, -0.2) is 19.2 Å². The van der Waals surface area contributed by atoms with Gasteiger partial charge in [0, 0.05) is 24.5 Å². The van der Waals surface area contributed by atoms with Gasteiger partial charge in [0.25, 0.3) is 0 Å². The number of nitrogens with zero attached hydrogens (tertiary/aromatic N) is 1. The highest BCUT2D eigenvalue weighted by atomic mass is 16.5. The summed E-state index contributed by atoms with van der Waals surface area (Å²) in [7, 11) is 0. The van der Waals surface area contributed by atoms with Crippen LogP contribution in [0.2, 0.25) is 0 Å². The first-order valence-electron chi connectivity index (χ1n) is 15.0. The van der Waals surface area contributed by atoms with Crippen molar-refractivity contribution in [1.29, 1.82) is 0 Å². The number of urea groups is 2. The molecule has 2 aromatic carbocycles. The van der Waals surface area contributed by atoms with Crippen molar-refractivity contribution >= 4 is 24.0 Å². The molecule has 44 heavy (non-hydrogen) atoms. The van der Waals surface area contributed by atoms with Crippen LogP contribution in [0, 0.1) is 5.92 Å². The first kappa shape index (κ1) is 32.3. The van der Waals surface area contributed by atoms with Crippen molar-refractivity contribution in [2.75, 3.05) is 32.8 Å². The highest BCUT2D eigenvalue weighted by Gasteiger charge is 2.37. The summed E-state index contributed by atoms with van der Waals surface area (Å²) in [4.78, 5) is 54.6. The summed E-state index contributed by atoms with van der Waals surface area (Å²) in [6.07, 6.45) is 0.784. The monoisotopic (exact) mass is 603 g/mol. The first-order valence-corrected chi connectivity index (χ1v) is 15.0. The standard InChI is InChI=1S/C33H41N5O6/c1-5-43-30(39)26-24(34-32(41)36-28(26)22-13-9-7-10-14-22)19-38(18-17-21(3)4)20-25-27(31(40)44-6-2)29(37-33(42)35-25)23-15-11-8-12-16-23/h7-16,21,28-29H,5-6,17-20H2,1-4H3,(H2,34,36,41)(H2,35,37,42). The molecule has 0 saturated carbocycles. The van der Waals surface area contributed by atoms with E-state index in [-0.39, 0.29) is 26.3 Å². The van der Waals surface area contributed by atoms with Gasteiger partial charge in [-0.05, 0) is 43.9 Å². The lowest BCUT2D eigenvalue weighted by Gasteiger charge is -2.34. The number of hydrogen-bond acceptors (Lipinski definition) is 7. The van der Waals surface area contributed by atoms with Crippen LogP contribution in [0.3, 0.4) is 0 Å². The number of nitrogens with one attached hydrogen (secondary N) is 4. The second kappa shape index (κ2) is 15.2. The Labute approximate surface area is 258 Å². The lowest BCUT2D eigenvalue weighted by atomic mass is 9.94. The molecule has 11 heteroatoms. The summed E-state index contributed by atoms with van der Waals surface area (Å²) in [5.74, 6) is -0.745. The van der Waals surface area contributed by atoms with E-state index in [0.29, 0.717) is 35.0 Å². The number of carbonyl (C=O) groups is 4. The van der Waals surface area contributed by atoms with E-state index in [9.17, 15) is 19.2 Å². The van der Waals surface area contributed by atoms with Crippen molar-refractivity contribution in [1.82, 2.24) is 26.2 Å². The molecule has 2 aliphatic heterocycles. The zero-order valence-corrected chi connectivity index (χ0v) is 25.6. The number of benzene rings is 2. The second-order valence-corrected chi connectivity index (χ2v) is 11.0. The van der Waals surface area contributed by atoms with Gasteiger partial charge in [-0.2, -0.15) is 0 Å². The average Bonchev–Trinajstić information content (AvgIpc) is 3.00. The summed E-state index contributed by atoms with van der Waals surface area (Å²) >= 11 is 0. The van der Waals surface area contributed by atoms with Crippen LogP contribution < -0.4 is 21.3 Å². The molecule has 11 nitrogen and oxygen atoms in total. The van der Waals surface area contributed by atoms with E-state index in [1.807, 2.05) is 65.6 Å². The second-order valence-electron chi connectivity index (χ2n) is 11.0. The van der Waals surface area contributed by atoms with Gasteiger partial charge in [0.15, 0.2) is 0 Å². The lowest BCUT2D eigenvalue weighted by Crippen LogP contribution is -2.51. The molecule has 0 spiro atoms. The molecule has 4 amide bonds. The van der Waals surface area contributed by atoms with Gasteiger partial charge in [0.2, 0.25) is 0 Å². The Morgan fingerprint density at radius 1 is 0.727 bits per heavy atom. The highest BCUT2D eigenvalue weighted by Crippen LogP contribution is 2.30. The van der Waals surface area contributed by atoms with Gasteiger partial charge in [-0.15, -0.1) is 0 Å². The number of rotatable bonds is 13. The van der Waals surface area contributed by atoms with Crippen molar-refractivity contribution in [3.63, 3.8) is 0 Å². The Kier molecular flexibility index (Phi) is 11.1. The zero-order valence-electron chi connectivity index (χ0n) is 25.6. The van der Waals surface area contributed by atoms with Crippen LogP contribution in [0.1, 0.15) is 57.3 Å². The number of esters is 2. The van der Waals surface area contributed by atoms with Crippen molar-refractivity contribution in [2.45, 2.75) is 46.2 Å². The van der Waals surface area contributed by atoms with Gasteiger partial charge in [0.05, 0.1) is 36.4 Å². The number of carbonyl (C=O) groups excluding carboxylic acids is 4. The number of ether oxygens (including phenoxy) is 2. The smallest absolute Gasteiger partial charge is 0.338 e. The van der Waals surface area contributed by atoms with Crippen LogP contribution >= 0.6 is 0 Å². The molecule has 2 unspecified atom stereocenters. The predicted molar refractivity (Wildman–Crippen MR) is 165 cm³/mol. The maximum atomic E-state index is 13.4. The normalized spacial score (nSPS) is 18.4. The van der Waals surface area contributed by atoms with Crippen LogP contribution in [0.4, 0.5) is 9.59 Å². The Bertz CT molecular complexity index is 1300. The van der Waals surface area contributed by atoms with Gasteiger partial charge >= 0.3 is 24.0 Å². The molecule has 4 rings (SSSR count). The molecule has 0 saturated heterocycles. The summed E-state index contributed by atoms with van der Waals surface area (Å²) in [5.41, 5.74) is 2.85. The van der Waals surface area contributed by atoms with Crippen molar-refractivity contribution < 1.29 is 28.7 Å². The summed E-state index contributed by atoms with van der Waals surface area (Å²) in [6, 6.07) is 16.1. The quantitative estimate of drug-likeness (QED) is 0.253. The third kappa shape index (κ3) is 8.04. The van der Waals surface area contributed by atoms with E-state index in [0.717, 1.165) is 17.5 Å². The molecule has 2 atom stereocenters. The van der Waals surface area contributed by atoms with Crippen LogP contribution in [0.25, 0.3) is 0 Å². The van der Waals surface area contributed by atoms with Crippen LogP contribution in [-0.2, 0) is 19.1 Å². The van der Waals surface area contributed by atoms with E-state index in [2.05, 4.69) is 35.1 Å². The summed E-state index contributed by atoms with van der Waals surface area (Å²) in [6.45, 7) is 8.83. The largest absolute Gasteiger partial charge is 0.463 e. The Morgan fingerprint density at radius 2 is 1.14 bits per heavy atom. The minimum absolute atomic E-state index is 0.149. The van der Waals surface area contributed by atoms with Gasteiger partial charge < -0.3 is 30.7 Å². The number of hydrogen-bond donors (Lipinski definition) is 4. The molecule has 0 aliphatic carbocycles. The average molecular weight is 604 g/mol. The third-order valence-corrected chi connectivity index (χ3v) is 7.35. The molecule has 0 bridgehead atoms.